The first-order valence-corrected chi connectivity index (χ1v) is 27.3. The highest BCUT2D eigenvalue weighted by Gasteiger charge is 2.16. The van der Waals surface area contributed by atoms with E-state index in [9.17, 15) is 14.7 Å². The van der Waals surface area contributed by atoms with E-state index >= 15 is 0 Å². The van der Waals surface area contributed by atoms with Gasteiger partial charge in [-0.2, -0.15) is 0 Å². The molecule has 0 saturated carbocycles. The molecule has 0 bridgehead atoms. The molecule has 5 heteroatoms. The molecule has 0 amide bonds. The summed E-state index contributed by atoms with van der Waals surface area (Å²) >= 11 is 0. The van der Waals surface area contributed by atoms with Gasteiger partial charge in [-0.3, -0.25) is 9.59 Å². The van der Waals surface area contributed by atoms with Crippen molar-refractivity contribution in [3.8, 4) is 0 Å². The van der Waals surface area contributed by atoms with Crippen LogP contribution in [0.2, 0.25) is 0 Å². The highest BCUT2D eigenvalue weighted by atomic mass is 16.6. The van der Waals surface area contributed by atoms with Gasteiger partial charge in [-0.05, 0) is 83.5 Å². The summed E-state index contributed by atoms with van der Waals surface area (Å²) in [6.45, 7) is 4.13. The van der Waals surface area contributed by atoms with Crippen LogP contribution in [0.5, 0.6) is 0 Å². The second kappa shape index (κ2) is 53.9. The summed E-state index contributed by atoms with van der Waals surface area (Å²) < 4.78 is 10.7. The lowest BCUT2D eigenvalue weighted by Crippen LogP contribution is -2.28. The third-order valence-electron chi connectivity index (χ3n) is 12.0. The fraction of sp³-hybridized carbons (Fsp3) is 0.793. The van der Waals surface area contributed by atoms with Crippen molar-refractivity contribution in [3.63, 3.8) is 0 Å². The van der Waals surface area contributed by atoms with Gasteiger partial charge in [0.05, 0.1) is 6.61 Å². The van der Waals surface area contributed by atoms with Crippen LogP contribution >= 0.6 is 0 Å². The van der Waals surface area contributed by atoms with E-state index in [4.69, 9.17) is 9.47 Å². The van der Waals surface area contributed by atoms with Crippen LogP contribution in [0.1, 0.15) is 277 Å². The number of unbranched alkanes of at least 4 members (excludes halogenated alkanes) is 32. The van der Waals surface area contributed by atoms with Crippen molar-refractivity contribution in [2.24, 2.45) is 0 Å². The van der Waals surface area contributed by atoms with Crippen molar-refractivity contribution in [1.82, 2.24) is 0 Å². The first-order chi connectivity index (χ1) is 31.1. The molecular weight excluding hydrogens is 777 g/mol. The third-order valence-corrected chi connectivity index (χ3v) is 12.0. The number of allylic oxidation sites excluding steroid dienone is 10. The molecule has 0 aromatic rings. The Morgan fingerprint density at radius 2 is 0.635 bits per heavy atom. The average molecular weight is 881 g/mol. The number of carbonyl (C=O) groups excluding carboxylic acids is 2. The molecule has 0 fully saturated rings. The van der Waals surface area contributed by atoms with E-state index in [1.165, 1.54) is 186 Å². The van der Waals surface area contributed by atoms with E-state index in [2.05, 4.69) is 74.6 Å². The molecule has 0 radical (unpaired) electrons. The molecule has 0 spiro atoms. The number of carbonyl (C=O) groups is 2. The second-order valence-electron chi connectivity index (χ2n) is 18.3. The molecule has 0 aromatic carbocycles. The van der Waals surface area contributed by atoms with E-state index < -0.39 is 6.10 Å². The quantitative estimate of drug-likeness (QED) is 0.0374. The molecule has 0 aromatic heterocycles. The zero-order valence-electron chi connectivity index (χ0n) is 41.8. The number of aliphatic hydroxyl groups is 1. The Hall–Kier alpha value is -2.40. The van der Waals surface area contributed by atoms with E-state index in [0.29, 0.717) is 12.8 Å². The molecule has 0 saturated heterocycles. The van der Waals surface area contributed by atoms with Crippen molar-refractivity contribution in [2.75, 3.05) is 13.2 Å². The van der Waals surface area contributed by atoms with Gasteiger partial charge in [0.2, 0.25) is 0 Å². The maximum atomic E-state index is 12.3. The molecule has 366 valence electrons. The summed E-state index contributed by atoms with van der Waals surface area (Å²) in [6.07, 6.45) is 71.8. The lowest BCUT2D eigenvalue weighted by Gasteiger charge is -2.15. The Balaban J connectivity index is 3.47. The van der Waals surface area contributed by atoms with Gasteiger partial charge in [0.15, 0.2) is 6.10 Å². The van der Waals surface area contributed by atoms with Crippen LogP contribution in [0.4, 0.5) is 0 Å². The minimum atomic E-state index is -0.777. The fourth-order valence-corrected chi connectivity index (χ4v) is 7.89. The minimum Gasteiger partial charge on any atom is -0.462 e. The molecular formula is C58H104O5. The molecule has 0 aliphatic heterocycles. The number of hydrogen-bond donors (Lipinski definition) is 1. The van der Waals surface area contributed by atoms with Crippen molar-refractivity contribution in [3.05, 3.63) is 60.8 Å². The Morgan fingerprint density at radius 1 is 0.365 bits per heavy atom. The van der Waals surface area contributed by atoms with Crippen LogP contribution in [0.3, 0.4) is 0 Å². The van der Waals surface area contributed by atoms with Gasteiger partial charge in [-0.1, -0.05) is 242 Å². The van der Waals surface area contributed by atoms with Gasteiger partial charge in [-0.15, -0.1) is 0 Å². The summed E-state index contributed by atoms with van der Waals surface area (Å²) in [5, 5.41) is 9.64. The largest absolute Gasteiger partial charge is 0.462 e. The molecule has 0 rings (SSSR count). The summed E-state index contributed by atoms with van der Waals surface area (Å²) in [4.78, 5) is 24.5. The maximum absolute atomic E-state index is 12.3. The van der Waals surface area contributed by atoms with Crippen LogP contribution in [0, 0.1) is 0 Å². The van der Waals surface area contributed by atoms with E-state index in [0.717, 1.165) is 64.2 Å². The lowest BCUT2D eigenvalue weighted by molar-refractivity contribution is -0.161. The van der Waals surface area contributed by atoms with Crippen LogP contribution in [0.25, 0.3) is 0 Å². The van der Waals surface area contributed by atoms with Crippen LogP contribution in [-0.4, -0.2) is 36.4 Å². The Kier molecular flexibility index (Phi) is 51.9. The molecule has 1 N–H and O–H groups in total. The van der Waals surface area contributed by atoms with Crippen LogP contribution in [-0.2, 0) is 19.1 Å². The monoisotopic (exact) mass is 881 g/mol. The average Bonchev–Trinajstić information content (AvgIpc) is 3.29. The van der Waals surface area contributed by atoms with Crippen molar-refractivity contribution < 1.29 is 24.2 Å². The maximum Gasteiger partial charge on any atom is 0.306 e. The SMILES string of the molecule is CCCCCC/C=C\C/C=C\CCCCCCCCCC(=O)OCC(CO)OC(=O)CCCCCCCCCCCCCCCCCC/C=C\C/C=C\C/C=C\CCCCCCC. The topological polar surface area (TPSA) is 72.8 Å². The Labute approximate surface area is 391 Å². The molecule has 0 aliphatic carbocycles. The highest BCUT2D eigenvalue weighted by Crippen LogP contribution is 2.16. The molecule has 5 nitrogen and oxygen atoms in total. The van der Waals surface area contributed by atoms with E-state index in [1.54, 1.807) is 0 Å². The zero-order chi connectivity index (χ0) is 45.6. The third kappa shape index (κ3) is 52.1. The standard InChI is InChI=1S/C58H104O5/c1-3-5-7-9-11-13-15-17-19-21-23-24-25-26-27-28-29-30-31-32-33-34-35-37-39-41-43-45-47-49-51-53-58(61)63-56(54-59)55-62-57(60)52-50-48-46-44-42-40-38-36-22-20-18-16-14-12-10-8-6-4-2/h14-17,20-23,25-26,56,59H,3-13,18-19,24,27-55H2,1-2H3/b16-14-,17-15-,22-20-,23-21-,26-25-. The van der Waals surface area contributed by atoms with Gasteiger partial charge in [0.1, 0.15) is 6.61 Å². The van der Waals surface area contributed by atoms with Crippen molar-refractivity contribution >= 4 is 11.9 Å². The predicted octanol–water partition coefficient (Wildman–Crippen LogP) is 18.2. The van der Waals surface area contributed by atoms with Gasteiger partial charge < -0.3 is 14.6 Å². The number of esters is 2. The lowest BCUT2D eigenvalue weighted by atomic mass is 10.0. The number of aliphatic hydroxyl groups excluding tert-OH is 1. The van der Waals surface area contributed by atoms with E-state index in [1.807, 2.05) is 0 Å². The molecule has 0 aliphatic rings. The van der Waals surface area contributed by atoms with Gasteiger partial charge in [0.25, 0.3) is 0 Å². The van der Waals surface area contributed by atoms with Crippen LogP contribution in [0.15, 0.2) is 60.8 Å². The Morgan fingerprint density at radius 3 is 0.968 bits per heavy atom. The summed E-state index contributed by atoms with van der Waals surface area (Å²) in [5.41, 5.74) is 0. The minimum absolute atomic E-state index is 0.0694. The molecule has 0 heterocycles. The van der Waals surface area contributed by atoms with Gasteiger partial charge in [-0.25, -0.2) is 0 Å². The number of ether oxygens (including phenoxy) is 2. The second-order valence-corrected chi connectivity index (χ2v) is 18.3. The predicted molar refractivity (Wildman–Crippen MR) is 274 cm³/mol. The normalized spacial score (nSPS) is 12.6. The molecule has 1 unspecified atom stereocenters. The van der Waals surface area contributed by atoms with Gasteiger partial charge >= 0.3 is 11.9 Å². The smallest absolute Gasteiger partial charge is 0.306 e. The number of rotatable bonds is 50. The van der Waals surface area contributed by atoms with Gasteiger partial charge in [0, 0.05) is 12.8 Å². The van der Waals surface area contributed by atoms with E-state index in [-0.39, 0.29) is 25.2 Å². The summed E-state index contributed by atoms with van der Waals surface area (Å²) in [5.74, 6) is -0.592. The van der Waals surface area contributed by atoms with Crippen molar-refractivity contribution in [2.45, 2.75) is 283 Å². The van der Waals surface area contributed by atoms with Crippen molar-refractivity contribution in [1.29, 1.82) is 0 Å². The van der Waals surface area contributed by atoms with Crippen LogP contribution < -0.4 is 0 Å². The Bertz CT molecular complexity index is 1090. The summed E-state index contributed by atoms with van der Waals surface area (Å²) in [6, 6.07) is 0. The first-order valence-electron chi connectivity index (χ1n) is 27.3. The summed E-state index contributed by atoms with van der Waals surface area (Å²) in [7, 11) is 0. The zero-order valence-corrected chi connectivity index (χ0v) is 41.8. The molecule has 1 atom stereocenters. The highest BCUT2D eigenvalue weighted by molar-refractivity contribution is 5.70. The first kappa shape index (κ1) is 60.6. The fourth-order valence-electron chi connectivity index (χ4n) is 7.89. The number of hydrogen-bond acceptors (Lipinski definition) is 5. The molecule has 63 heavy (non-hydrogen) atoms.